The number of hydrogen-bond donors (Lipinski definition) is 2. The van der Waals surface area contributed by atoms with Crippen LogP contribution in [0.1, 0.15) is 11.4 Å². The molecular formula is C29H22Cl2N4O2. The second kappa shape index (κ2) is 10.5. The number of amides is 2. The van der Waals surface area contributed by atoms with Gasteiger partial charge in [-0.1, -0.05) is 71.7 Å². The van der Waals surface area contributed by atoms with Gasteiger partial charge in [0.1, 0.15) is 5.82 Å². The number of aryl methyl sites for hydroxylation is 1. The number of carbonyl (C=O) groups excluding carboxylic acids is 1. The van der Waals surface area contributed by atoms with Gasteiger partial charge in [-0.2, -0.15) is 0 Å². The number of aromatic nitrogens is 2. The Balaban J connectivity index is 1.38. The van der Waals surface area contributed by atoms with Crippen LogP contribution in [0.15, 0.2) is 95.8 Å². The standard InChI is InChI=1S/C29H22Cl2N4O2/c1-18-32-26-15-14-23(33-29(37)34-27-5-3-2-4-25(27)31)16-24(26)28(36)35(18)17-19-6-8-20(9-7-19)21-10-12-22(30)13-11-21/h2-16H,17H2,1H3,(H2,33,34,37). The molecule has 0 spiro atoms. The van der Waals surface area contributed by atoms with Crippen molar-refractivity contribution >= 4 is 51.5 Å². The lowest BCUT2D eigenvalue weighted by Gasteiger charge is -2.13. The number of urea groups is 1. The van der Waals surface area contributed by atoms with Gasteiger partial charge in [-0.25, -0.2) is 9.78 Å². The Morgan fingerprint density at radius 2 is 1.54 bits per heavy atom. The summed E-state index contributed by atoms with van der Waals surface area (Å²) in [7, 11) is 0. The van der Waals surface area contributed by atoms with Gasteiger partial charge in [0.15, 0.2) is 0 Å². The Bertz CT molecular complexity index is 1660. The van der Waals surface area contributed by atoms with Gasteiger partial charge in [-0.05, 0) is 66.1 Å². The summed E-state index contributed by atoms with van der Waals surface area (Å²) in [5, 5.41) is 7.00. The van der Waals surface area contributed by atoms with E-state index in [1.165, 1.54) is 0 Å². The largest absolute Gasteiger partial charge is 0.323 e. The summed E-state index contributed by atoms with van der Waals surface area (Å²) < 4.78 is 1.63. The van der Waals surface area contributed by atoms with Crippen molar-refractivity contribution in [1.82, 2.24) is 9.55 Å². The van der Waals surface area contributed by atoms with Crippen molar-refractivity contribution in [3.8, 4) is 11.1 Å². The van der Waals surface area contributed by atoms with E-state index in [4.69, 9.17) is 23.2 Å². The number of para-hydroxylation sites is 1. The van der Waals surface area contributed by atoms with Gasteiger partial charge in [0, 0.05) is 10.7 Å². The number of nitrogens with zero attached hydrogens (tertiary/aromatic N) is 2. The number of nitrogens with one attached hydrogen (secondary N) is 2. The monoisotopic (exact) mass is 528 g/mol. The molecule has 184 valence electrons. The zero-order valence-electron chi connectivity index (χ0n) is 19.8. The van der Waals surface area contributed by atoms with E-state index in [2.05, 4.69) is 15.6 Å². The molecule has 0 aliphatic rings. The van der Waals surface area contributed by atoms with E-state index in [0.717, 1.165) is 16.7 Å². The molecule has 0 unspecified atom stereocenters. The molecule has 0 fully saturated rings. The topological polar surface area (TPSA) is 76.0 Å². The van der Waals surface area contributed by atoms with E-state index in [1.54, 1.807) is 47.0 Å². The Morgan fingerprint density at radius 3 is 2.24 bits per heavy atom. The Morgan fingerprint density at radius 1 is 0.865 bits per heavy atom. The quantitative estimate of drug-likeness (QED) is 0.250. The lowest BCUT2D eigenvalue weighted by atomic mass is 10.0. The van der Waals surface area contributed by atoms with Gasteiger partial charge in [0.2, 0.25) is 0 Å². The third-order valence-electron chi connectivity index (χ3n) is 6.00. The van der Waals surface area contributed by atoms with E-state index in [-0.39, 0.29) is 5.56 Å². The highest BCUT2D eigenvalue weighted by Gasteiger charge is 2.12. The molecule has 5 aromatic rings. The maximum Gasteiger partial charge on any atom is 0.323 e. The molecule has 0 saturated heterocycles. The third kappa shape index (κ3) is 5.50. The van der Waals surface area contributed by atoms with Crippen molar-refractivity contribution < 1.29 is 4.79 Å². The molecular weight excluding hydrogens is 507 g/mol. The lowest BCUT2D eigenvalue weighted by Crippen LogP contribution is -2.25. The number of benzene rings is 4. The molecule has 0 atom stereocenters. The number of carbonyl (C=O) groups is 1. The maximum atomic E-state index is 13.4. The lowest BCUT2D eigenvalue weighted by molar-refractivity contribution is 0.262. The number of hydrogen-bond acceptors (Lipinski definition) is 3. The van der Waals surface area contributed by atoms with Crippen LogP contribution in [-0.2, 0) is 6.54 Å². The van der Waals surface area contributed by atoms with E-state index < -0.39 is 6.03 Å². The highest BCUT2D eigenvalue weighted by Crippen LogP contribution is 2.23. The fraction of sp³-hybridized carbons (Fsp3) is 0.0690. The molecule has 1 heterocycles. The van der Waals surface area contributed by atoms with Crippen molar-refractivity contribution in [3.63, 3.8) is 0 Å². The molecule has 1 aromatic heterocycles. The molecule has 2 amide bonds. The predicted octanol–water partition coefficient (Wildman–Crippen LogP) is 7.37. The number of rotatable bonds is 5. The van der Waals surface area contributed by atoms with Crippen LogP contribution < -0.4 is 16.2 Å². The highest BCUT2D eigenvalue weighted by molar-refractivity contribution is 6.33. The zero-order valence-corrected chi connectivity index (χ0v) is 21.3. The van der Waals surface area contributed by atoms with Crippen molar-refractivity contribution in [2.75, 3.05) is 10.6 Å². The van der Waals surface area contributed by atoms with Crippen molar-refractivity contribution in [2.24, 2.45) is 0 Å². The van der Waals surface area contributed by atoms with Crippen LogP contribution >= 0.6 is 23.2 Å². The molecule has 0 aliphatic carbocycles. The Hall–Kier alpha value is -4.13. The van der Waals surface area contributed by atoms with Gasteiger partial charge in [0.25, 0.3) is 5.56 Å². The van der Waals surface area contributed by atoms with Crippen molar-refractivity contribution in [3.05, 3.63) is 123 Å². The molecule has 0 saturated carbocycles. The molecule has 0 radical (unpaired) electrons. The molecule has 2 N–H and O–H groups in total. The smallest absolute Gasteiger partial charge is 0.308 e. The Kier molecular flexibility index (Phi) is 6.95. The highest BCUT2D eigenvalue weighted by atomic mass is 35.5. The van der Waals surface area contributed by atoms with E-state index in [9.17, 15) is 9.59 Å². The average Bonchev–Trinajstić information content (AvgIpc) is 2.89. The van der Waals surface area contributed by atoms with Crippen LogP contribution in [-0.4, -0.2) is 15.6 Å². The summed E-state index contributed by atoms with van der Waals surface area (Å²) in [5.41, 5.74) is 4.44. The molecule has 8 heteroatoms. The summed E-state index contributed by atoms with van der Waals surface area (Å²) in [4.78, 5) is 30.5. The first kappa shape index (κ1) is 24.6. The molecule has 0 bridgehead atoms. The minimum atomic E-state index is -0.464. The molecule has 6 nitrogen and oxygen atoms in total. The zero-order chi connectivity index (χ0) is 25.9. The molecule has 5 rings (SSSR count). The van der Waals surface area contributed by atoms with Crippen LogP contribution in [0.5, 0.6) is 0 Å². The first-order valence-corrected chi connectivity index (χ1v) is 12.3. The van der Waals surface area contributed by atoms with Gasteiger partial charge in [0.05, 0.1) is 28.2 Å². The first-order valence-electron chi connectivity index (χ1n) is 11.6. The number of anilines is 2. The minimum Gasteiger partial charge on any atom is -0.308 e. The fourth-order valence-electron chi connectivity index (χ4n) is 4.07. The van der Waals surface area contributed by atoms with Crippen LogP contribution in [0.4, 0.5) is 16.2 Å². The van der Waals surface area contributed by atoms with Gasteiger partial charge in [-0.15, -0.1) is 0 Å². The summed E-state index contributed by atoms with van der Waals surface area (Å²) in [6.07, 6.45) is 0. The normalized spacial score (nSPS) is 10.9. The first-order chi connectivity index (χ1) is 17.9. The van der Waals surface area contributed by atoms with E-state index >= 15 is 0 Å². The number of fused-ring (bicyclic) bond motifs is 1. The van der Waals surface area contributed by atoms with Gasteiger partial charge < -0.3 is 10.6 Å². The van der Waals surface area contributed by atoms with Crippen LogP contribution in [0.3, 0.4) is 0 Å². The second-order valence-corrected chi connectivity index (χ2v) is 9.39. The molecule has 4 aromatic carbocycles. The third-order valence-corrected chi connectivity index (χ3v) is 6.58. The van der Waals surface area contributed by atoms with Crippen molar-refractivity contribution in [1.29, 1.82) is 0 Å². The summed E-state index contributed by atoms with van der Waals surface area (Å²) in [5.74, 6) is 0.608. The second-order valence-electron chi connectivity index (χ2n) is 8.55. The van der Waals surface area contributed by atoms with Crippen LogP contribution in [0.2, 0.25) is 10.0 Å². The Labute approximate surface area is 223 Å². The maximum absolute atomic E-state index is 13.4. The fourth-order valence-corrected chi connectivity index (χ4v) is 4.38. The van der Waals surface area contributed by atoms with Crippen molar-refractivity contribution in [2.45, 2.75) is 13.5 Å². The van der Waals surface area contributed by atoms with E-state index in [0.29, 0.717) is 44.7 Å². The molecule has 37 heavy (non-hydrogen) atoms. The summed E-state index contributed by atoms with van der Waals surface area (Å²) in [6.45, 7) is 2.19. The predicted molar refractivity (Wildman–Crippen MR) is 151 cm³/mol. The summed E-state index contributed by atoms with van der Waals surface area (Å²) in [6, 6.07) is 27.3. The van der Waals surface area contributed by atoms with Crippen LogP contribution in [0, 0.1) is 6.92 Å². The summed E-state index contributed by atoms with van der Waals surface area (Å²) >= 11 is 12.1. The SMILES string of the molecule is Cc1nc2ccc(NC(=O)Nc3ccccc3Cl)cc2c(=O)n1Cc1ccc(-c2ccc(Cl)cc2)cc1. The average molecular weight is 529 g/mol. The minimum absolute atomic E-state index is 0.181. The van der Waals surface area contributed by atoms with Crippen LogP contribution in [0.25, 0.3) is 22.0 Å². The van der Waals surface area contributed by atoms with E-state index in [1.807, 2.05) is 55.5 Å². The van der Waals surface area contributed by atoms with Gasteiger partial charge in [-0.3, -0.25) is 9.36 Å². The molecule has 0 aliphatic heterocycles. The van der Waals surface area contributed by atoms with Gasteiger partial charge >= 0.3 is 6.03 Å². The number of halogens is 2.